The maximum Gasteiger partial charge on any atom is 0.0883 e. The van der Waals surface area contributed by atoms with Gasteiger partial charge in [-0.15, -0.1) is 0 Å². The first-order valence-electron chi connectivity index (χ1n) is 2.06. The molecule has 0 nitrogen and oxygen atoms in total. The van der Waals surface area contributed by atoms with Gasteiger partial charge in [0.25, 0.3) is 0 Å². The Morgan fingerprint density at radius 2 is 1.15 bits per heavy atom. The van der Waals surface area contributed by atoms with Crippen molar-refractivity contribution in [1.29, 1.82) is 0 Å². The molecule has 13 heavy (non-hydrogen) atoms. The van der Waals surface area contributed by atoms with Crippen molar-refractivity contribution in [1.82, 2.24) is 0 Å². The summed E-state index contributed by atoms with van der Waals surface area (Å²) in [6.07, 6.45) is 0. The van der Waals surface area contributed by atoms with E-state index >= 15 is 0 Å². The molecule has 0 unspecified atom stereocenters. The van der Waals surface area contributed by atoms with Crippen molar-refractivity contribution in [3.8, 4) is 0 Å². The van der Waals surface area contributed by atoms with Crippen molar-refractivity contribution in [2.24, 2.45) is 0 Å². The quantitative estimate of drug-likeness (QED) is 0.409. The minimum absolute atomic E-state index is 1.35. The number of hydrogen-bond donors (Lipinski definition) is 1. The van der Waals surface area contributed by atoms with E-state index in [2.05, 4.69) is 11.7 Å². The van der Waals surface area contributed by atoms with Crippen LogP contribution in [0.15, 0.2) is 0 Å². The average molecular weight is 417 g/mol. The van der Waals surface area contributed by atoms with Crippen LogP contribution in [0.25, 0.3) is 0 Å². The van der Waals surface area contributed by atoms with Crippen LogP contribution in [0, 0.1) is 0 Å². The van der Waals surface area contributed by atoms with Gasteiger partial charge in [0.15, 0.2) is 0 Å². The Bertz CT molecular complexity index is 545. The van der Waals surface area contributed by atoms with Crippen LogP contribution < -0.4 is 0 Å². The first-order chi connectivity index (χ1) is 5.44. The van der Waals surface area contributed by atoms with E-state index in [1.165, 1.54) is 0 Å². The van der Waals surface area contributed by atoms with Gasteiger partial charge in [0.1, 0.15) is 0 Å². The minimum Gasteiger partial charge on any atom is -0.0917 e. The SMILES string of the molecule is S=P(=S)S(=S)(=S)S(=S)(=S)S(=S)(=S)S. The summed E-state index contributed by atoms with van der Waals surface area (Å²) in [5.74, 6) is -2.21. The Hall–Kier alpha value is 3.46. The molecule has 0 aliphatic rings. The van der Waals surface area contributed by atoms with Crippen LogP contribution in [0.2, 0.25) is 0 Å². The van der Waals surface area contributed by atoms with E-state index in [1.54, 1.807) is 0 Å². The standard InChI is InChI=1S/HPS12/c2-1(3)11(4,5)13(9,10)12(6,7)8/h(H,6,7,8). The van der Waals surface area contributed by atoms with Crippen LogP contribution in [-0.4, -0.2) is 0 Å². The summed E-state index contributed by atoms with van der Waals surface area (Å²) < 4.78 is -1.35. The second kappa shape index (κ2) is 5.40. The molecular formula is HPS12. The Labute approximate surface area is 121 Å². The molecule has 78 valence electrons. The maximum atomic E-state index is 5.16. The van der Waals surface area contributed by atoms with Gasteiger partial charge in [-0.25, -0.2) is 0 Å². The van der Waals surface area contributed by atoms with Crippen LogP contribution in [0.4, 0.5) is 0 Å². The summed E-state index contributed by atoms with van der Waals surface area (Å²) in [7, 11) is 0. The summed E-state index contributed by atoms with van der Waals surface area (Å²) in [5.41, 5.74) is 0. The Morgan fingerprint density at radius 3 is 1.23 bits per heavy atom. The third-order valence-electron chi connectivity index (χ3n) is 0.698. The highest BCUT2D eigenvalue weighted by Gasteiger charge is 2.20. The van der Waals surface area contributed by atoms with Crippen LogP contribution in [0.5, 0.6) is 0 Å². The Balaban J connectivity index is 6.26. The van der Waals surface area contributed by atoms with Crippen molar-refractivity contribution in [3.63, 3.8) is 0 Å². The van der Waals surface area contributed by atoms with Gasteiger partial charge < -0.3 is 0 Å². The van der Waals surface area contributed by atoms with Gasteiger partial charge in [-0.05, 0) is 90.7 Å². The average Bonchev–Trinajstić information content (AvgIpc) is 1.84. The maximum absolute atomic E-state index is 5.16. The Morgan fingerprint density at radius 1 is 0.846 bits per heavy atom. The van der Waals surface area contributed by atoms with E-state index in [-0.39, 0.29) is 0 Å². The Kier molecular flexibility index (Phi) is 6.84. The summed E-state index contributed by atoms with van der Waals surface area (Å²) in [6, 6.07) is 0. The van der Waals surface area contributed by atoms with Crippen molar-refractivity contribution in [2.45, 2.75) is 0 Å². The lowest BCUT2D eigenvalue weighted by Crippen LogP contribution is -2.10. The van der Waals surface area contributed by atoms with Gasteiger partial charge in [0, 0.05) is 16.2 Å². The largest absolute Gasteiger partial charge is 0.0917 e. The lowest BCUT2D eigenvalue weighted by molar-refractivity contribution is 5.16. The van der Waals surface area contributed by atoms with Crippen LogP contribution in [-0.2, 0) is 107 Å². The molecule has 0 fully saturated rings. The fourth-order valence-corrected chi connectivity index (χ4v) is 44.5. The van der Waals surface area contributed by atoms with Gasteiger partial charge in [0.05, 0.1) is 4.67 Å². The van der Waals surface area contributed by atoms with E-state index in [9.17, 15) is 0 Å². The molecule has 0 rings (SSSR count). The topological polar surface area (TPSA) is 0 Å². The lowest BCUT2D eigenvalue weighted by atomic mass is 29.7. The van der Waals surface area contributed by atoms with E-state index < -0.39 is 20.9 Å². The number of thiol groups is 1. The zero-order chi connectivity index (χ0) is 11.1. The van der Waals surface area contributed by atoms with Gasteiger partial charge >= 0.3 is 0 Å². The molecular weight excluding hydrogens is 416 g/mol. The summed E-state index contributed by atoms with van der Waals surface area (Å²) in [5, 5.41) is -4.52. The predicted molar refractivity (Wildman–Crippen MR) is 96.9 cm³/mol. The van der Waals surface area contributed by atoms with Gasteiger partial charge in [-0.2, -0.15) is 0 Å². The molecule has 0 amide bonds. The monoisotopic (exact) mass is 416 g/mol. The fraction of sp³-hybridized carbons (Fsp3) is 0. The van der Waals surface area contributed by atoms with Crippen molar-refractivity contribution < 1.29 is 0 Å². The number of hydrogen-bond acceptors (Lipinski definition) is 8. The van der Waals surface area contributed by atoms with E-state index in [1.807, 2.05) is 0 Å². The molecule has 0 aliphatic carbocycles. The highest BCUT2D eigenvalue weighted by atomic mass is 34.2. The van der Waals surface area contributed by atoms with Gasteiger partial charge in [-0.3, -0.25) is 0 Å². The van der Waals surface area contributed by atoms with Crippen molar-refractivity contribution >= 4 is 123 Å². The van der Waals surface area contributed by atoms with Crippen LogP contribution in [0.3, 0.4) is 0 Å². The van der Waals surface area contributed by atoms with E-state index in [4.69, 9.17) is 90.7 Å². The van der Waals surface area contributed by atoms with E-state index in [0.29, 0.717) is 0 Å². The first-order valence-corrected chi connectivity index (χ1v) is 18.6. The normalized spacial score (nSPS) is 13.9. The second-order valence-corrected chi connectivity index (χ2v) is 40.2. The molecule has 0 saturated heterocycles. The minimum atomic E-state index is -2.30. The molecule has 0 N–H and O–H groups in total. The fourth-order valence-electron chi connectivity index (χ4n) is 0.183. The third-order valence-corrected chi connectivity index (χ3v) is 56.6. The zero-order valence-electron chi connectivity index (χ0n) is 5.39. The highest BCUT2D eigenvalue weighted by Crippen LogP contribution is 2.32. The van der Waals surface area contributed by atoms with Crippen LogP contribution >= 0.6 is 16.3 Å². The first kappa shape index (κ1) is 16.5. The van der Waals surface area contributed by atoms with E-state index in [0.717, 1.165) is 0 Å². The summed E-state index contributed by atoms with van der Waals surface area (Å²) >= 11 is 44.5. The molecule has 0 aliphatic heterocycles. The molecule has 0 saturated carbocycles. The summed E-state index contributed by atoms with van der Waals surface area (Å²) in [6.45, 7) is 0. The lowest BCUT2D eigenvalue weighted by Gasteiger charge is -2.14. The summed E-state index contributed by atoms with van der Waals surface area (Å²) in [4.78, 5) is 0. The predicted octanol–water partition coefficient (Wildman–Crippen LogP) is 1.22. The molecule has 0 heterocycles. The highest BCUT2D eigenvalue weighted by molar-refractivity contribution is 9.52. The number of rotatable bonds is 3. The molecule has 0 aromatic heterocycles. The van der Waals surface area contributed by atoms with Crippen LogP contribution in [0.1, 0.15) is 0 Å². The molecule has 0 radical (unpaired) electrons. The molecule has 0 spiro atoms. The molecule has 13 heteroatoms. The van der Waals surface area contributed by atoms with Gasteiger partial charge in [0.2, 0.25) is 0 Å². The molecule has 0 bridgehead atoms. The molecule has 0 aromatic rings. The van der Waals surface area contributed by atoms with Gasteiger partial charge in [-0.1, -0.05) is 11.7 Å². The smallest absolute Gasteiger partial charge is 0.0883 e. The molecule has 0 aromatic carbocycles. The zero-order valence-corrected chi connectivity index (χ0v) is 16.2. The third kappa shape index (κ3) is 3.71. The van der Waals surface area contributed by atoms with Crippen molar-refractivity contribution in [2.75, 3.05) is 0 Å². The second-order valence-electron chi connectivity index (χ2n) is 1.49. The van der Waals surface area contributed by atoms with Crippen molar-refractivity contribution in [3.05, 3.63) is 0 Å². The molecule has 0 atom stereocenters.